The third-order valence-corrected chi connectivity index (χ3v) is 5.16. The fraction of sp³-hybridized carbons (Fsp3) is 0.526. The summed E-state index contributed by atoms with van der Waals surface area (Å²) in [6.45, 7) is 4.44. The fourth-order valence-corrected chi connectivity index (χ4v) is 3.60. The molecule has 0 saturated carbocycles. The van der Waals surface area contributed by atoms with Gasteiger partial charge >= 0.3 is 0 Å². The molecule has 2 aromatic rings. The molecule has 5 nitrogen and oxygen atoms in total. The first-order chi connectivity index (χ1) is 11.7. The molecule has 1 aliphatic heterocycles. The number of piperidine rings is 1. The van der Waals surface area contributed by atoms with Crippen molar-refractivity contribution < 1.29 is 9.53 Å². The number of aromatic nitrogens is 1. The van der Waals surface area contributed by atoms with E-state index in [1.54, 1.807) is 7.11 Å². The molecule has 0 aliphatic carbocycles. The lowest BCUT2D eigenvalue weighted by Gasteiger charge is -2.34. The summed E-state index contributed by atoms with van der Waals surface area (Å²) in [6.07, 6.45) is 5.34. The van der Waals surface area contributed by atoms with Crippen molar-refractivity contribution >= 4 is 29.2 Å². The highest BCUT2D eigenvalue weighted by Gasteiger charge is 2.39. The number of rotatable bonds is 6. The summed E-state index contributed by atoms with van der Waals surface area (Å²) in [6, 6.07) is 6.40. The number of ether oxygens (including phenoxy) is 1. The Kier molecular flexibility index (Phi) is 6.87. The van der Waals surface area contributed by atoms with Crippen LogP contribution in [0.5, 0.6) is 0 Å². The monoisotopic (exact) mass is 365 g/mol. The van der Waals surface area contributed by atoms with E-state index in [2.05, 4.69) is 46.9 Å². The number of H-pyrrole nitrogens is 1. The Bertz CT molecular complexity index is 708. The van der Waals surface area contributed by atoms with Gasteiger partial charge in [-0.3, -0.25) is 4.79 Å². The van der Waals surface area contributed by atoms with Gasteiger partial charge in [0.05, 0.1) is 0 Å². The quantitative estimate of drug-likeness (QED) is 0.737. The zero-order valence-electron chi connectivity index (χ0n) is 15.0. The lowest BCUT2D eigenvalue weighted by Crippen LogP contribution is -2.54. The van der Waals surface area contributed by atoms with Crippen LogP contribution in [0.4, 0.5) is 0 Å². The minimum Gasteiger partial charge on any atom is -0.368 e. The van der Waals surface area contributed by atoms with Gasteiger partial charge in [0.25, 0.3) is 5.91 Å². The standard InChI is InChI=1S/C19H27N3O2.ClH/c1-3-14-5-4-6-16-15(13-22-17(14)16)7-10-21-18(23)19(24-2)8-11-20-12-9-19;/h4-6,13,20,22H,3,7-12H2,1-2H3,(H,21,23);1H. The molecular formula is C19H28ClN3O2. The molecule has 3 N–H and O–H groups in total. The van der Waals surface area contributed by atoms with E-state index in [0.29, 0.717) is 6.54 Å². The number of carbonyl (C=O) groups excluding carboxylic acids is 1. The van der Waals surface area contributed by atoms with Gasteiger partial charge in [-0.2, -0.15) is 0 Å². The lowest BCUT2D eigenvalue weighted by molar-refractivity contribution is -0.146. The smallest absolute Gasteiger partial charge is 0.252 e. The van der Waals surface area contributed by atoms with E-state index >= 15 is 0 Å². The Morgan fingerprint density at radius 3 is 2.72 bits per heavy atom. The Labute approximate surface area is 155 Å². The molecule has 1 aliphatic rings. The lowest BCUT2D eigenvalue weighted by atomic mass is 9.91. The number of para-hydroxylation sites is 1. The predicted molar refractivity (Wildman–Crippen MR) is 103 cm³/mol. The molecule has 2 heterocycles. The Hall–Kier alpha value is -1.56. The summed E-state index contributed by atoms with van der Waals surface area (Å²) < 4.78 is 5.57. The second-order valence-electron chi connectivity index (χ2n) is 6.46. The number of benzene rings is 1. The van der Waals surface area contributed by atoms with Crippen LogP contribution in [0.1, 0.15) is 30.9 Å². The van der Waals surface area contributed by atoms with Gasteiger partial charge in [-0.15, -0.1) is 12.4 Å². The van der Waals surface area contributed by atoms with Gasteiger partial charge in [0, 0.05) is 30.8 Å². The molecule has 1 aromatic carbocycles. The van der Waals surface area contributed by atoms with Crippen molar-refractivity contribution in [1.29, 1.82) is 0 Å². The van der Waals surface area contributed by atoms with Crippen molar-refractivity contribution in [2.24, 2.45) is 0 Å². The molecule has 1 aromatic heterocycles. The summed E-state index contributed by atoms with van der Waals surface area (Å²) >= 11 is 0. The van der Waals surface area contributed by atoms with E-state index in [1.165, 1.54) is 22.0 Å². The van der Waals surface area contributed by atoms with Crippen LogP contribution in [0.15, 0.2) is 24.4 Å². The molecule has 0 atom stereocenters. The minimum atomic E-state index is -0.666. The highest BCUT2D eigenvalue weighted by molar-refractivity contribution is 5.87. The highest BCUT2D eigenvalue weighted by Crippen LogP contribution is 2.24. The average Bonchev–Trinajstić information content (AvgIpc) is 3.05. The van der Waals surface area contributed by atoms with E-state index in [4.69, 9.17) is 4.74 Å². The Morgan fingerprint density at radius 2 is 2.04 bits per heavy atom. The number of amides is 1. The van der Waals surface area contributed by atoms with Gasteiger partial charge in [-0.1, -0.05) is 25.1 Å². The predicted octanol–water partition coefficient (Wildman–Crippen LogP) is 2.58. The Morgan fingerprint density at radius 1 is 1.28 bits per heavy atom. The second kappa shape index (κ2) is 8.70. The van der Waals surface area contributed by atoms with Crippen LogP contribution in [0, 0.1) is 0 Å². The molecule has 0 bridgehead atoms. The van der Waals surface area contributed by atoms with Crippen molar-refractivity contribution in [2.45, 2.75) is 38.2 Å². The van der Waals surface area contributed by atoms with Gasteiger partial charge in [0.2, 0.25) is 0 Å². The van der Waals surface area contributed by atoms with Crippen molar-refractivity contribution in [3.8, 4) is 0 Å². The minimum absolute atomic E-state index is 0. The molecule has 138 valence electrons. The molecule has 25 heavy (non-hydrogen) atoms. The first-order valence-electron chi connectivity index (χ1n) is 8.82. The summed E-state index contributed by atoms with van der Waals surface area (Å²) in [4.78, 5) is 16.0. The maximum atomic E-state index is 12.6. The molecular weight excluding hydrogens is 338 g/mol. The summed E-state index contributed by atoms with van der Waals surface area (Å²) in [5, 5.41) is 7.60. The van der Waals surface area contributed by atoms with Crippen LogP contribution in [-0.4, -0.2) is 43.2 Å². The van der Waals surface area contributed by atoms with E-state index < -0.39 is 5.60 Å². The number of fused-ring (bicyclic) bond motifs is 1. The number of aromatic amines is 1. The van der Waals surface area contributed by atoms with Crippen molar-refractivity contribution in [1.82, 2.24) is 15.6 Å². The largest absolute Gasteiger partial charge is 0.368 e. The first kappa shape index (κ1) is 19.8. The van der Waals surface area contributed by atoms with E-state index in [1.807, 2.05) is 0 Å². The number of methoxy groups -OCH3 is 1. The summed E-state index contributed by atoms with van der Waals surface area (Å²) in [7, 11) is 1.64. The van der Waals surface area contributed by atoms with Crippen molar-refractivity contribution in [3.05, 3.63) is 35.5 Å². The van der Waals surface area contributed by atoms with E-state index in [9.17, 15) is 4.79 Å². The van der Waals surface area contributed by atoms with Crippen LogP contribution >= 0.6 is 12.4 Å². The Balaban J connectivity index is 0.00000225. The average molecular weight is 366 g/mol. The highest BCUT2D eigenvalue weighted by atomic mass is 35.5. The van der Waals surface area contributed by atoms with E-state index in [-0.39, 0.29) is 18.3 Å². The fourth-order valence-electron chi connectivity index (χ4n) is 3.60. The third-order valence-electron chi connectivity index (χ3n) is 5.16. The van der Waals surface area contributed by atoms with Gasteiger partial charge in [-0.25, -0.2) is 0 Å². The normalized spacial score (nSPS) is 16.4. The molecule has 1 saturated heterocycles. The van der Waals surface area contributed by atoms with E-state index in [0.717, 1.165) is 38.8 Å². The zero-order chi connectivity index (χ0) is 17.0. The molecule has 3 rings (SSSR count). The maximum absolute atomic E-state index is 12.6. The number of hydrogen-bond donors (Lipinski definition) is 3. The molecule has 0 unspecified atom stereocenters. The van der Waals surface area contributed by atoms with Gasteiger partial charge < -0.3 is 20.4 Å². The zero-order valence-corrected chi connectivity index (χ0v) is 15.8. The van der Waals surface area contributed by atoms with Gasteiger partial charge in [0.15, 0.2) is 0 Å². The van der Waals surface area contributed by atoms with Gasteiger partial charge in [-0.05, 0) is 49.9 Å². The number of carbonyl (C=O) groups is 1. The number of hydrogen-bond acceptors (Lipinski definition) is 3. The molecule has 0 spiro atoms. The topological polar surface area (TPSA) is 66.2 Å². The summed E-state index contributed by atoms with van der Waals surface area (Å²) in [5.41, 5.74) is 3.13. The van der Waals surface area contributed by atoms with Crippen LogP contribution in [0.25, 0.3) is 10.9 Å². The number of aryl methyl sites for hydroxylation is 1. The molecule has 6 heteroatoms. The number of nitrogens with one attached hydrogen (secondary N) is 3. The molecule has 0 radical (unpaired) electrons. The van der Waals surface area contributed by atoms with Gasteiger partial charge in [0.1, 0.15) is 5.60 Å². The second-order valence-corrected chi connectivity index (χ2v) is 6.46. The third kappa shape index (κ3) is 4.00. The first-order valence-corrected chi connectivity index (χ1v) is 8.82. The van der Waals surface area contributed by atoms with Crippen LogP contribution < -0.4 is 10.6 Å². The van der Waals surface area contributed by atoms with Crippen LogP contribution in [-0.2, 0) is 22.4 Å². The number of halogens is 1. The SMILES string of the molecule is CCc1cccc2c(CCNC(=O)C3(OC)CCNCC3)c[nH]c12.Cl. The molecule has 1 fully saturated rings. The van der Waals surface area contributed by atoms with Crippen LogP contribution in [0.2, 0.25) is 0 Å². The van der Waals surface area contributed by atoms with Crippen molar-refractivity contribution in [3.63, 3.8) is 0 Å². The summed E-state index contributed by atoms with van der Waals surface area (Å²) in [5.74, 6) is 0.0144. The van der Waals surface area contributed by atoms with Crippen LogP contribution in [0.3, 0.4) is 0 Å². The molecule has 1 amide bonds. The maximum Gasteiger partial charge on any atom is 0.252 e. The van der Waals surface area contributed by atoms with Crippen molar-refractivity contribution in [2.75, 3.05) is 26.7 Å².